The van der Waals surface area contributed by atoms with E-state index >= 15 is 0 Å². The zero-order chi connectivity index (χ0) is 33.8. The zero-order valence-corrected chi connectivity index (χ0v) is 24.0. The van der Waals surface area contributed by atoms with Crippen LogP contribution in [0.4, 0.5) is 0 Å². The molecule has 45 heavy (non-hydrogen) atoms. The van der Waals surface area contributed by atoms with Gasteiger partial charge in [0.2, 0.25) is 0 Å². The predicted molar refractivity (Wildman–Crippen MR) is 190 cm³/mol. The third-order valence-corrected chi connectivity index (χ3v) is 9.33. The minimum atomic E-state index is -0.395. The summed E-state index contributed by atoms with van der Waals surface area (Å²) in [4.78, 5) is 0. The van der Waals surface area contributed by atoms with Gasteiger partial charge in [0.25, 0.3) is 0 Å². The molecule has 1 heterocycles. The van der Waals surface area contributed by atoms with Crippen LogP contribution in [0.25, 0.3) is 87.2 Å². The van der Waals surface area contributed by atoms with E-state index in [1.54, 1.807) is 0 Å². The van der Waals surface area contributed by atoms with E-state index in [0.717, 1.165) is 87.6 Å². The highest BCUT2D eigenvalue weighted by Crippen LogP contribution is 2.52. The largest absolute Gasteiger partial charge is 0.455 e. The Balaban J connectivity index is 1.28. The Morgan fingerprint density at radius 3 is 2.04 bits per heavy atom. The minimum Gasteiger partial charge on any atom is -0.455 e. The van der Waals surface area contributed by atoms with E-state index in [9.17, 15) is 0 Å². The third kappa shape index (κ3) is 3.50. The van der Waals surface area contributed by atoms with Gasteiger partial charge >= 0.3 is 0 Å². The van der Waals surface area contributed by atoms with Gasteiger partial charge in [-0.15, -0.1) is 0 Å². The highest BCUT2D eigenvalue weighted by atomic mass is 16.5. The summed E-state index contributed by atoms with van der Waals surface area (Å²) in [5, 5.41) is 10.5. The fourth-order valence-electron chi connectivity index (χ4n) is 7.37. The predicted octanol–water partition coefficient (Wildman–Crippen LogP) is 12.6. The Morgan fingerprint density at radius 2 is 1.13 bits per heavy atom. The lowest BCUT2D eigenvalue weighted by atomic mass is 9.84. The lowest BCUT2D eigenvalue weighted by Gasteiger charge is -2.24. The van der Waals surface area contributed by atoms with Gasteiger partial charge in [-0.25, -0.2) is 0 Å². The van der Waals surface area contributed by atoms with Gasteiger partial charge in [-0.05, 0) is 89.1 Å². The molecular formula is C44H26O. The number of hydrogen-bond donors (Lipinski definition) is 0. The first kappa shape index (κ1) is 20.1. The number of benzene rings is 9. The second-order valence-corrected chi connectivity index (χ2v) is 11.6. The van der Waals surface area contributed by atoms with Crippen molar-refractivity contribution in [2.45, 2.75) is 0 Å². The molecule has 0 bridgehead atoms. The normalized spacial score (nSPS) is 13.7. The van der Waals surface area contributed by atoms with E-state index < -0.39 is 6.04 Å². The van der Waals surface area contributed by atoms with E-state index in [4.69, 9.17) is 11.6 Å². The molecule has 0 amide bonds. The molecular weight excluding hydrogens is 544 g/mol. The molecule has 0 N–H and O–H groups in total. The molecule has 0 radical (unpaired) electrons. The fourth-order valence-corrected chi connectivity index (χ4v) is 7.37. The van der Waals surface area contributed by atoms with Gasteiger partial charge in [0, 0.05) is 16.3 Å². The van der Waals surface area contributed by atoms with Crippen LogP contribution in [-0.2, 0) is 0 Å². The molecule has 0 saturated heterocycles. The van der Waals surface area contributed by atoms with E-state index in [2.05, 4.69) is 91.0 Å². The van der Waals surface area contributed by atoms with Crippen molar-refractivity contribution in [1.29, 1.82) is 0 Å². The first-order valence-electron chi connectivity index (χ1n) is 17.6. The van der Waals surface area contributed by atoms with Gasteiger partial charge in [0.15, 0.2) is 0 Å². The highest BCUT2D eigenvalue weighted by Gasteiger charge is 2.24. The average Bonchev–Trinajstić information content (AvgIpc) is 3.15. The van der Waals surface area contributed by atoms with Gasteiger partial charge in [0.05, 0.1) is 6.85 Å². The number of hydrogen-bond acceptors (Lipinski definition) is 1. The van der Waals surface area contributed by atoms with E-state index in [1.165, 1.54) is 0 Å². The molecule has 0 aliphatic carbocycles. The lowest BCUT2D eigenvalue weighted by Crippen LogP contribution is -1.99. The number of rotatable bonds is 2. The van der Waals surface area contributed by atoms with Crippen molar-refractivity contribution >= 4 is 53.9 Å². The van der Waals surface area contributed by atoms with Crippen LogP contribution in [0, 0.1) is 0 Å². The Morgan fingerprint density at radius 1 is 0.422 bits per heavy atom. The first-order chi connectivity index (χ1) is 24.4. The highest BCUT2D eigenvalue weighted by molar-refractivity contribution is 6.24. The average molecular weight is 576 g/mol. The minimum absolute atomic E-state index is 0.205. The van der Waals surface area contributed by atoms with E-state index in [0.29, 0.717) is 5.56 Å². The summed E-state index contributed by atoms with van der Waals surface area (Å²) < 4.78 is 48.9. The molecule has 0 spiro atoms. The van der Waals surface area contributed by atoms with E-state index in [1.807, 2.05) is 36.4 Å². The van der Waals surface area contributed by atoms with Crippen LogP contribution in [0.3, 0.4) is 0 Å². The molecule has 0 saturated carbocycles. The van der Waals surface area contributed by atoms with Crippen molar-refractivity contribution < 1.29 is 11.6 Å². The van der Waals surface area contributed by atoms with Crippen LogP contribution >= 0.6 is 0 Å². The molecule has 9 aromatic carbocycles. The quantitative estimate of drug-likeness (QED) is 0.147. The Bertz CT molecular complexity index is 2940. The standard InChI is InChI=1S/C44H26O/c1-2-10-27(11-3-1)30-16-8-17-33-34(30)22-23-38-40(33)26-29-13-5-6-14-31(29)42(38)36-24-25-37-39-21-20-28-12-4-7-15-32(28)44(39)45-41-19-9-18-35(36)43(37)41/h1-26H/i1D,2D,3D,10D,11D. The van der Waals surface area contributed by atoms with Gasteiger partial charge < -0.3 is 4.74 Å². The van der Waals surface area contributed by atoms with E-state index in [-0.39, 0.29) is 29.7 Å². The van der Waals surface area contributed by atoms with Crippen LogP contribution in [0.15, 0.2) is 158 Å². The first-order valence-corrected chi connectivity index (χ1v) is 15.1. The van der Waals surface area contributed by atoms with Gasteiger partial charge in [-0.1, -0.05) is 139 Å². The van der Waals surface area contributed by atoms with Crippen molar-refractivity contribution in [2.75, 3.05) is 0 Å². The molecule has 1 heteroatoms. The summed E-state index contributed by atoms with van der Waals surface area (Å²) in [7, 11) is 0. The maximum absolute atomic E-state index is 8.70. The summed E-state index contributed by atoms with van der Waals surface area (Å²) >= 11 is 0. The van der Waals surface area contributed by atoms with Crippen LogP contribution < -0.4 is 4.74 Å². The van der Waals surface area contributed by atoms with Crippen LogP contribution in [-0.4, -0.2) is 0 Å². The van der Waals surface area contributed by atoms with Crippen molar-refractivity contribution in [1.82, 2.24) is 0 Å². The Hall–Kier alpha value is -5.92. The van der Waals surface area contributed by atoms with Crippen molar-refractivity contribution in [3.8, 4) is 44.9 Å². The molecule has 0 fully saturated rings. The molecule has 0 atom stereocenters. The van der Waals surface area contributed by atoms with Crippen molar-refractivity contribution in [3.05, 3.63) is 158 Å². The molecule has 10 rings (SSSR count). The smallest absolute Gasteiger partial charge is 0.143 e. The molecule has 1 nitrogen and oxygen atoms in total. The van der Waals surface area contributed by atoms with Crippen LogP contribution in [0.2, 0.25) is 0 Å². The van der Waals surface area contributed by atoms with Gasteiger partial charge in [0.1, 0.15) is 11.5 Å². The topological polar surface area (TPSA) is 9.23 Å². The summed E-state index contributed by atoms with van der Waals surface area (Å²) in [5.41, 5.74) is 5.25. The fraction of sp³-hybridized carbons (Fsp3) is 0. The van der Waals surface area contributed by atoms with Crippen molar-refractivity contribution in [2.24, 2.45) is 0 Å². The van der Waals surface area contributed by atoms with Gasteiger partial charge in [-0.3, -0.25) is 0 Å². The molecule has 208 valence electrons. The molecule has 9 aromatic rings. The summed E-state index contributed by atoms with van der Waals surface area (Å²) in [6.45, 7) is 0. The molecule has 1 aliphatic heterocycles. The lowest BCUT2D eigenvalue weighted by molar-refractivity contribution is 0.493. The maximum Gasteiger partial charge on any atom is 0.143 e. The van der Waals surface area contributed by atoms with Crippen LogP contribution in [0.1, 0.15) is 6.85 Å². The van der Waals surface area contributed by atoms with Crippen LogP contribution in [0.5, 0.6) is 11.5 Å². The number of fused-ring (bicyclic) bond motifs is 8. The van der Waals surface area contributed by atoms with Gasteiger partial charge in [-0.2, -0.15) is 0 Å². The Kier molecular flexibility index (Phi) is 4.15. The third-order valence-electron chi connectivity index (χ3n) is 9.33. The maximum atomic E-state index is 8.70. The zero-order valence-electron chi connectivity index (χ0n) is 29.0. The monoisotopic (exact) mass is 575 g/mol. The SMILES string of the molecule is [2H]c1c([2H])c([2H])c(-c2cccc3c2ccc2c(-c4ccc5c6c(cccc46)Oc4c-5ccc5ccccc45)c4ccccc4cc23)c([2H])c1[2H]. The van der Waals surface area contributed by atoms with Crippen molar-refractivity contribution in [3.63, 3.8) is 0 Å². The summed E-state index contributed by atoms with van der Waals surface area (Å²) in [5.74, 6) is 1.72. The summed E-state index contributed by atoms with van der Waals surface area (Å²) in [6, 6.07) is 42.5. The Labute approximate surface area is 267 Å². The summed E-state index contributed by atoms with van der Waals surface area (Å²) in [6.07, 6.45) is 0. The second-order valence-electron chi connectivity index (χ2n) is 11.6. The molecule has 1 aliphatic rings. The molecule has 0 unspecified atom stereocenters. The number of ether oxygens (including phenoxy) is 1. The molecule has 0 aromatic heterocycles. The second kappa shape index (κ2) is 9.29.